The second-order valence-corrected chi connectivity index (χ2v) is 8.96. The molecule has 0 spiro atoms. The summed E-state index contributed by atoms with van der Waals surface area (Å²) in [6.45, 7) is 1.45. The van der Waals surface area contributed by atoms with E-state index >= 15 is 0 Å². The molecule has 0 aliphatic carbocycles. The second-order valence-electron chi connectivity index (χ2n) is 8.00. The molecule has 0 bridgehead atoms. The number of anilines is 1. The quantitative estimate of drug-likeness (QED) is 0.455. The van der Waals surface area contributed by atoms with Crippen LogP contribution in [0.25, 0.3) is 0 Å². The Kier molecular flexibility index (Phi) is 7.66. The number of rotatable bonds is 9. The number of fused-ring (bicyclic) bond motifs is 1. The van der Waals surface area contributed by atoms with E-state index in [9.17, 15) is 9.59 Å². The molecule has 8 nitrogen and oxygen atoms in total. The third-order valence-corrected chi connectivity index (χ3v) is 5.99. The lowest BCUT2D eigenvalue weighted by atomic mass is 10.1. The van der Waals surface area contributed by atoms with E-state index in [1.54, 1.807) is 36.5 Å². The van der Waals surface area contributed by atoms with Crippen LogP contribution < -0.4 is 20.1 Å². The zero-order valence-corrected chi connectivity index (χ0v) is 19.9. The molecule has 1 aliphatic heterocycles. The molecule has 0 radical (unpaired) electrons. The first kappa shape index (κ1) is 23.6. The summed E-state index contributed by atoms with van der Waals surface area (Å²) in [5.74, 6) is 0.921. The fraction of sp³-hybridized carbons (Fsp3) is 0.240. The van der Waals surface area contributed by atoms with Gasteiger partial charge in [0.2, 0.25) is 12.7 Å². The van der Waals surface area contributed by atoms with E-state index < -0.39 is 0 Å². The van der Waals surface area contributed by atoms with Crippen molar-refractivity contribution in [3.63, 3.8) is 0 Å². The van der Waals surface area contributed by atoms with Gasteiger partial charge in [-0.15, -0.1) is 0 Å². The maximum Gasteiger partial charge on any atom is 0.254 e. The van der Waals surface area contributed by atoms with Gasteiger partial charge in [-0.3, -0.25) is 9.59 Å². The fourth-order valence-electron chi connectivity index (χ4n) is 3.39. The number of carbonyl (C=O) groups is 2. The Morgan fingerprint density at radius 3 is 2.59 bits per heavy atom. The number of pyridine rings is 1. The van der Waals surface area contributed by atoms with Gasteiger partial charge >= 0.3 is 0 Å². The number of hydrogen-bond acceptors (Lipinski definition) is 7. The van der Waals surface area contributed by atoms with E-state index in [4.69, 9.17) is 9.47 Å². The molecule has 176 valence electrons. The highest BCUT2D eigenvalue weighted by Gasteiger charge is 2.16. The molecule has 0 unspecified atom stereocenters. The highest BCUT2D eigenvalue weighted by atomic mass is 32.2. The standard InChI is InChI=1S/C25H26N4O4S/c1-29(2)14-18-7-5-17(6-8-18)13-27-24(31)20-4-3-11-26-25(20)34-15-23(30)28-19-9-10-21-22(12-19)33-16-32-21/h3-12H,13-16H2,1-2H3,(H,27,31)(H,28,30). The molecule has 0 fully saturated rings. The van der Waals surface area contributed by atoms with Gasteiger partial charge < -0.3 is 25.0 Å². The van der Waals surface area contributed by atoms with Crippen molar-refractivity contribution in [2.75, 3.05) is 32.0 Å². The largest absolute Gasteiger partial charge is 0.454 e. The topological polar surface area (TPSA) is 92.8 Å². The normalized spacial score (nSPS) is 12.0. The Balaban J connectivity index is 1.31. The smallest absolute Gasteiger partial charge is 0.254 e. The Bertz CT molecular complexity index is 1170. The van der Waals surface area contributed by atoms with Gasteiger partial charge in [0.05, 0.1) is 11.3 Å². The van der Waals surface area contributed by atoms with E-state index in [0.29, 0.717) is 34.3 Å². The minimum atomic E-state index is -0.232. The predicted octanol–water partition coefficient (Wildman–Crippen LogP) is 3.53. The average molecular weight is 479 g/mol. The van der Waals surface area contributed by atoms with Crippen molar-refractivity contribution in [1.29, 1.82) is 0 Å². The van der Waals surface area contributed by atoms with Gasteiger partial charge in [0.25, 0.3) is 5.91 Å². The lowest BCUT2D eigenvalue weighted by molar-refractivity contribution is -0.113. The molecule has 34 heavy (non-hydrogen) atoms. The van der Waals surface area contributed by atoms with Crippen LogP contribution in [0.3, 0.4) is 0 Å². The summed E-state index contributed by atoms with van der Waals surface area (Å²) in [6.07, 6.45) is 1.61. The number of thioether (sulfide) groups is 1. The summed E-state index contributed by atoms with van der Waals surface area (Å²) in [7, 11) is 4.05. The van der Waals surface area contributed by atoms with Gasteiger partial charge in [0.1, 0.15) is 5.03 Å². The molecule has 0 saturated heterocycles. The molecule has 1 aromatic heterocycles. The van der Waals surface area contributed by atoms with Crippen LogP contribution in [0.4, 0.5) is 5.69 Å². The van der Waals surface area contributed by atoms with E-state index in [1.165, 1.54) is 17.3 Å². The maximum absolute atomic E-state index is 12.8. The Labute approximate surface area is 202 Å². The summed E-state index contributed by atoms with van der Waals surface area (Å²) in [6, 6.07) is 16.8. The SMILES string of the molecule is CN(C)Cc1ccc(CNC(=O)c2cccnc2SCC(=O)Nc2ccc3c(c2)OCO3)cc1. The number of nitrogens with zero attached hydrogens (tertiary/aromatic N) is 2. The van der Waals surface area contributed by atoms with Gasteiger partial charge in [-0.25, -0.2) is 4.98 Å². The molecule has 2 N–H and O–H groups in total. The molecule has 9 heteroatoms. The van der Waals surface area contributed by atoms with Crippen LogP contribution in [0, 0.1) is 0 Å². The molecule has 2 heterocycles. The number of aromatic nitrogens is 1. The second kappa shape index (κ2) is 11.0. The first-order valence-corrected chi connectivity index (χ1v) is 11.7. The summed E-state index contributed by atoms with van der Waals surface area (Å²) < 4.78 is 10.6. The number of hydrogen-bond donors (Lipinski definition) is 2. The van der Waals surface area contributed by atoms with Crippen molar-refractivity contribution in [3.8, 4) is 11.5 Å². The molecular formula is C25H26N4O4S. The molecule has 3 aromatic rings. The van der Waals surface area contributed by atoms with Gasteiger partial charge in [0.15, 0.2) is 11.5 Å². The van der Waals surface area contributed by atoms with E-state index in [-0.39, 0.29) is 24.4 Å². The fourth-order valence-corrected chi connectivity index (χ4v) is 4.18. The highest BCUT2D eigenvalue weighted by Crippen LogP contribution is 2.34. The van der Waals surface area contributed by atoms with Crippen LogP contribution in [0.1, 0.15) is 21.5 Å². The molecule has 2 aromatic carbocycles. The van der Waals surface area contributed by atoms with Crippen molar-refractivity contribution >= 4 is 29.3 Å². The van der Waals surface area contributed by atoms with Crippen molar-refractivity contribution < 1.29 is 19.1 Å². The molecule has 1 aliphatic rings. The van der Waals surface area contributed by atoms with Crippen molar-refractivity contribution in [1.82, 2.24) is 15.2 Å². The van der Waals surface area contributed by atoms with Crippen LogP contribution in [0.2, 0.25) is 0 Å². The molecule has 4 rings (SSSR count). The van der Waals surface area contributed by atoms with Gasteiger partial charge in [-0.2, -0.15) is 0 Å². The monoisotopic (exact) mass is 478 g/mol. The van der Waals surface area contributed by atoms with E-state index in [0.717, 1.165) is 12.1 Å². The zero-order chi connectivity index (χ0) is 23.9. The minimum absolute atomic E-state index is 0.110. The first-order valence-electron chi connectivity index (χ1n) is 10.8. The lowest BCUT2D eigenvalue weighted by Crippen LogP contribution is -2.24. The average Bonchev–Trinajstić information content (AvgIpc) is 3.30. The van der Waals surface area contributed by atoms with Crippen molar-refractivity contribution in [3.05, 3.63) is 77.5 Å². The number of benzene rings is 2. The number of ether oxygens (including phenoxy) is 2. The Morgan fingerprint density at radius 2 is 1.79 bits per heavy atom. The van der Waals surface area contributed by atoms with Gasteiger partial charge in [-0.1, -0.05) is 36.0 Å². The summed E-state index contributed by atoms with van der Waals surface area (Å²) in [5, 5.41) is 6.27. The first-order chi connectivity index (χ1) is 16.5. The van der Waals surface area contributed by atoms with Crippen LogP contribution >= 0.6 is 11.8 Å². The number of amides is 2. The highest BCUT2D eigenvalue weighted by molar-refractivity contribution is 8.00. The molecule has 2 amide bonds. The molecule has 0 saturated carbocycles. The minimum Gasteiger partial charge on any atom is -0.454 e. The third kappa shape index (κ3) is 6.27. The Hall–Kier alpha value is -3.56. The summed E-state index contributed by atoms with van der Waals surface area (Å²) >= 11 is 1.21. The summed E-state index contributed by atoms with van der Waals surface area (Å²) in [5.41, 5.74) is 3.28. The van der Waals surface area contributed by atoms with Crippen LogP contribution in [-0.2, 0) is 17.9 Å². The number of carbonyl (C=O) groups excluding carboxylic acids is 2. The van der Waals surface area contributed by atoms with Crippen molar-refractivity contribution in [2.24, 2.45) is 0 Å². The maximum atomic E-state index is 12.8. The van der Waals surface area contributed by atoms with Crippen LogP contribution in [-0.4, -0.2) is 48.3 Å². The van der Waals surface area contributed by atoms with E-state index in [1.807, 2.05) is 26.2 Å². The van der Waals surface area contributed by atoms with Crippen molar-refractivity contribution in [2.45, 2.75) is 18.1 Å². The molecule has 0 atom stereocenters. The van der Waals surface area contributed by atoms with Crippen LogP contribution in [0.15, 0.2) is 65.8 Å². The van der Waals surface area contributed by atoms with Crippen LogP contribution in [0.5, 0.6) is 11.5 Å². The number of nitrogens with one attached hydrogen (secondary N) is 2. The Morgan fingerprint density at radius 1 is 1.03 bits per heavy atom. The molecular weight excluding hydrogens is 452 g/mol. The lowest BCUT2D eigenvalue weighted by Gasteiger charge is -2.11. The summed E-state index contributed by atoms with van der Waals surface area (Å²) in [4.78, 5) is 31.6. The zero-order valence-electron chi connectivity index (χ0n) is 19.0. The third-order valence-electron chi connectivity index (χ3n) is 4.99. The predicted molar refractivity (Wildman–Crippen MR) is 131 cm³/mol. The van der Waals surface area contributed by atoms with E-state index in [2.05, 4.69) is 32.7 Å². The van der Waals surface area contributed by atoms with Gasteiger partial charge in [0, 0.05) is 31.0 Å². The van der Waals surface area contributed by atoms with Gasteiger partial charge in [-0.05, 0) is 49.5 Å².